The second kappa shape index (κ2) is 8.86. The second-order valence-electron chi connectivity index (χ2n) is 7.63. The molecule has 9 heteroatoms. The normalized spacial score (nSPS) is 10.9. The molecule has 0 fully saturated rings. The Morgan fingerprint density at radius 3 is 2.49 bits per heavy atom. The van der Waals surface area contributed by atoms with E-state index in [2.05, 4.69) is 20.3 Å². The van der Waals surface area contributed by atoms with Crippen LogP contribution in [0.4, 0.5) is 16.0 Å². The number of aromatic carboxylic acids is 1. The van der Waals surface area contributed by atoms with E-state index >= 15 is 0 Å². The molecule has 174 valence electrons. The topological polar surface area (TPSA) is 106 Å². The third kappa shape index (κ3) is 4.04. The molecule has 2 aromatic heterocycles. The largest absolute Gasteiger partial charge is 0.493 e. The van der Waals surface area contributed by atoms with Gasteiger partial charge in [-0.05, 0) is 36.4 Å². The molecule has 0 aliphatic rings. The number of benzene rings is 3. The van der Waals surface area contributed by atoms with Crippen molar-refractivity contribution < 1.29 is 23.8 Å². The van der Waals surface area contributed by atoms with Gasteiger partial charge in [0.15, 0.2) is 11.5 Å². The average Bonchev–Trinajstić information content (AvgIpc) is 2.88. The van der Waals surface area contributed by atoms with Crippen molar-refractivity contribution >= 4 is 39.4 Å². The van der Waals surface area contributed by atoms with E-state index in [-0.39, 0.29) is 11.5 Å². The minimum absolute atomic E-state index is 0.0810. The Bertz CT molecular complexity index is 1610. The van der Waals surface area contributed by atoms with E-state index in [1.54, 1.807) is 56.7 Å². The SMILES string of the molecule is COc1ccc(Nc2ncc3nc(-c4ccccc4F)c4ccc(C(=O)O)cc4c3n2)cc1OC. The molecule has 2 heterocycles. The van der Waals surface area contributed by atoms with Crippen molar-refractivity contribution in [3.05, 3.63) is 78.2 Å². The van der Waals surface area contributed by atoms with Crippen LogP contribution >= 0.6 is 0 Å². The van der Waals surface area contributed by atoms with Gasteiger partial charge in [-0.3, -0.25) is 0 Å². The average molecular weight is 470 g/mol. The maximum Gasteiger partial charge on any atom is 0.335 e. The van der Waals surface area contributed by atoms with E-state index in [0.29, 0.717) is 50.2 Å². The van der Waals surface area contributed by atoms with Crippen LogP contribution in [0.15, 0.2) is 66.9 Å². The number of anilines is 2. The minimum Gasteiger partial charge on any atom is -0.493 e. The summed E-state index contributed by atoms with van der Waals surface area (Å²) in [7, 11) is 3.09. The van der Waals surface area contributed by atoms with Crippen LogP contribution in [-0.4, -0.2) is 40.2 Å². The van der Waals surface area contributed by atoms with Crippen molar-refractivity contribution in [3.63, 3.8) is 0 Å². The molecule has 0 unspecified atom stereocenters. The molecule has 2 N–H and O–H groups in total. The number of carbonyl (C=O) groups is 1. The fraction of sp³-hybridized carbons (Fsp3) is 0.0769. The number of carboxylic acids is 1. The zero-order valence-corrected chi connectivity index (χ0v) is 18.7. The van der Waals surface area contributed by atoms with Gasteiger partial charge in [-0.15, -0.1) is 0 Å². The quantitative estimate of drug-likeness (QED) is 0.316. The number of nitrogens with zero attached hydrogens (tertiary/aromatic N) is 3. The monoisotopic (exact) mass is 470 g/mol. The van der Waals surface area contributed by atoms with Crippen molar-refractivity contribution in [2.24, 2.45) is 0 Å². The number of nitrogens with one attached hydrogen (secondary N) is 1. The number of hydrogen-bond acceptors (Lipinski definition) is 7. The first-order valence-electron chi connectivity index (χ1n) is 10.6. The number of pyridine rings is 1. The van der Waals surface area contributed by atoms with Gasteiger partial charge in [-0.25, -0.2) is 24.1 Å². The standard InChI is InChI=1S/C26H19FN4O4/c1-34-21-10-8-15(12-22(21)35-2)29-26-28-13-20-24(31-26)18-11-14(25(32)33)7-9-16(18)23(30-20)17-5-3-4-6-19(17)27/h3-13H,1-2H3,(H,32,33)(H,28,29,31). The molecule has 0 bridgehead atoms. The molecule has 0 aliphatic heterocycles. The molecule has 0 saturated heterocycles. The van der Waals surface area contributed by atoms with Crippen molar-refractivity contribution in [3.8, 4) is 22.8 Å². The molecular formula is C26H19FN4O4. The van der Waals surface area contributed by atoms with Crippen LogP contribution in [0.3, 0.4) is 0 Å². The van der Waals surface area contributed by atoms with E-state index in [1.807, 2.05) is 0 Å². The van der Waals surface area contributed by atoms with E-state index in [4.69, 9.17) is 9.47 Å². The lowest BCUT2D eigenvalue weighted by Gasteiger charge is -2.13. The summed E-state index contributed by atoms with van der Waals surface area (Å²) in [4.78, 5) is 25.3. The lowest BCUT2D eigenvalue weighted by atomic mass is 10.00. The second-order valence-corrected chi connectivity index (χ2v) is 7.63. The van der Waals surface area contributed by atoms with Crippen molar-refractivity contribution in [1.29, 1.82) is 0 Å². The maximum atomic E-state index is 14.6. The first kappa shape index (κ1) is 22.0. The van der Waals surface area contributed by atoms with Gasteiger partial charge in [0.1, 0.15) is 16.9 Å². The highest BCUT2D eigenvalue weighted by atomic mass is 19.1. The molecule has 0 atom stereocenters. The van der Waals surface area contributed by atoms with Crippen molar-refractivity contribution in [2.45, 2.75) is 0 Å². The fourth-order valence-electron chi connectivity index (χ4n) is 3.88. The smallest absolute Gasteiger partial charge is 0.335 e. The predicted octanol–water partition coefficient (Wildman–Crippen LogP) is 5.44. The van der Waals surface area contributed by atoms with Crippen molar-refractivity contribution in [1.82, 2.24) is 15.0 Å². The Hall–Kier alpha value is -4.79. The van der Waals surface area contributed by atoms with Crippen LogP contribution in [-0.2, 0) is 0 Å². The zero-order valence-electron chi connectivity index (χ0n) is 18.7. The Morgan fingerprint density at radius 1 is 0.943 bits per heavy atom. The number of methoxy groups -OCH3 is 2. The van der Waals surface area contributed by atoms with E-state index in [1.165, 1.54) is 24.4 Å². The van der Waals surface area contributed by atoms with Gasteiger partial charge in [-0.2, -0.15) is 0 Å². The molecule has 0 amide bonds. The van der Waals surface area contributed by atoms with Crippen LogP contribution < -0.4 is 14.8 Å². The number of halogens is 1. The Morgan fingerprint density at radius 2 is 1.74 bits per heavy atom. The number of aromatic nitrogens is 3. The van der Waals surface area contributed by atoms with Crippen LogP contribution in [0.25, 0.3) is 33.1 Å². The number of hydrogen-bond donors (Lipinski definition) is 2. The third-order valence-corrected chi connectivity index (χ3v) is 5.55. The van der Waals surface area contributed by atoms with Gasteiger partial charge < -0.3 is 19.9 Å². The van der Waals surface area contributed by atoms with Crippen molar-refractivity contribution in [2.75, 3.05) is 19.5 Å². The van der Waals surface area contributed by atoms with Gasteiger partial charge in [0.2, 0.25) is 5.95 Å². The Labute approximate surface area is 199 Å². The zero-order chi connectivity index (χ0) is 24.5. The molecule has 3 aromatic carbocycles. The molecule has 0 radical (unpaired) electrons. The lowest BCUT2D eigenvalue weighted by molar-refractivity contribution is 0.0697. The molecule has 0 aliphatic carbocycles. The highest BCUT2D eigenvalue weighted by Gasteiger charge is 2.17. The molecule has 5 aromatic rings. The van der Waals surface area contributed by atoms with Gasteiger partial charge >= 0.3 is 5.97 Å². The van der Waals surface area contributed by atoms with Gasteiger partial charge in [-0.1, -0.05) is 18.2 Å². The number of ether oxygens (including phenoxy) is 2. The summed E-state index contributed by atoms with van der Waals surface area (Å²) in [6.45, 7) is 0. The molecule has 35 heavy (non-hydrogen) atoms. The summed E-state index contributed by atoms with van der Waals surface area (Å²) < 4.78 is 25.2. The van der Waals surface area contributed by atoms with E-state index in [9.17, 15) is 14.3 Å². The van der Waals surface area contributed by atoms with Crippen LogP contribution in [0.5, 0.6) is 11.5 Å². The highest BCUT2D eigenvalue weighted by Crippen LogP contribution is 2.34. The van der Waals surface area contributed by atoms with Crippen LogP contribution in [0, 0.1) is 5.82 Å². The Balaban J connectivity index is 1.69. The molecule has 8 nitrogen and oxygen atoms in total. The predicted molar refractivity (Wildman–Crippen MR) is 130 cm³/mol. The number of rotatable bonds is 6. The summed E-state index contributed by atoms with van der Waals surface area (Å²) >= 11 is 0. The van der Waals surface area contributed by atoms with E-state index < -0.39 is 11.8 Å². The summed E-state index contributed by atoms with van der Waals surface area (Å²) in [6.07, 6.45) is 1.52. The number of carboxylic acid groups (broad SMARTS) is 1. The highest BCUT2D eigenvalue weighted by molar-refractivity contribution is 6.11. The first-order chi connectivity index (χ1) is 17.0. The van der Waals surface area contributed by atoms with Gasteiger partial charge in [0, 0.05) is 28.1 Å². The third-order valence-electron chi connectivity index (χ3n) is 5.55. The summed E-state index contributed by atoms with van der Waals surface area (Å²) in [5.41, 5.74) is 2.25. The number of fused-ring (bicyclic) bond motifs is 3. The molecular weight excluding hydrogens is 451 g/mol. The lowest BCUT2D eigenvalue weighted by Crippen LogP contribution is -2.01. The maximum absolute atomic E-state index is 14.6. The summed E-state index contributed by atoms with van der Waals surface area (Å²) in [5, 5.41) is 13.8. The molecule has 5 rings (SSSR count). The Kier molecular flexibility index (Phi) is 5.58. The molecule has 0 saturated carbocycles. The van der Waals surface area contributed by atoms with Crippen LogP contribution in [0.1, 0.15) is 10.4 Å². The summed E-state index contributed by atoms with van der Waals surface area (Å²) in [5.74, 6) is -0.134. The fourth-order valence-corrected chi connectivity index (χ4v) is 3.88. The first-order valence-corrected chi connectivity index (χ1v) is 10.6. The van der Waals surface area contributed by atoms with Gasteiger partial charge in [0.05, 0.1) is 31.7 Å². The van der Waals surface area contributed by atoms with Gasteiger partial charge in [0.25, 0.3) is 0 Å². The van der Waals surface area contributed by atoms with Crippen LogP contribution in [0.2, 0.25) is 0 Å². The molecule has 0 spiro atoms. The minimum atomic E-state index is -1.08. The van der Waals surface area contributed by atoms with E-state index in [0.717, 1.165) is 0 Å². The summed E-state index contributed by atoms with van der Waals surface area (Å²) in [6, 6.07) is 16.2.